The highest BCUT2D eigenvalue weighted by Gasteiger charge is 2.01. The van der Waals surface area contributed by atoms with Gasteiger partial charge in [0.15, 0.2) is 0 Å². The second-order valence-electron chi connectivity index (χ2n) is 4.52. The van der Waals surface area contributed by atoms with Crippen LogP contribution in [-0.4, -0.2) is 43.1 Å². The Kier molecular flexibility index (Phi) is 9.11. The molecule has 4 nitrogen and oxygen atoms in total. The van der Waals surface area contributed by atoms with Gasteiger partial charge in [-0.2, -0.15) is 0 Å². The van der Waals surface area contributed by atoms with Gasteiger partial charge in [0, 0.05) is 18.9 Å². The molecule has 0 saturated heterocycles. The van der Waals surface area contributed by atoms with Gasteiger partial charge in [-0.1, -0.05) is 29.8 Å². The van der Waals surface area contributed by atoms with Crippen molar-refractivity contribution >= 4 is 17.7 Å². The SMILES string of the molecule is Cc1ccc(CSCC(=O)NCCCOCCO)cc1. The molecule has 1 amide bonds. The molecule has 1 aromatic carbocycles. The third kappa shape index (κ3) is 8.19. The normalized spacial score (nSPS) is 10.5. The van der Waals surface area contributed by atoms with Crippen LogP contribution in [0.25, 0.3) is 0 Å². The molecule has 0 unspecified atom stereocenters. The van der Waals surface area contributed by atoms with Gasteiger partial charge in [-0.05, 0) is 18.9 Å². The molecule has 5 heteroatoms. The summed E-state index contributed by atoms with van der Waals surface area (Å²) in [5, 5.41) is 11.4. The first-order valence-corrected chi connectivity index (χ1v) is 7.96. The quantitative estimate of drug-likeness (QED) is 0.646. The fourth-order valence-electron chi connectivity index (χ4n) is 1.57. The zero-order chi connectivity index (χ0) is 14.6. The van der Waals surface area contributed by atoms with Crippen molar-refractivity contribution < 1.29 is 14.6 Å². The van der Waals surface area contributed by atoms with Crippen LogP contribution in [0.5, 0.6) is 0 Å². The largest absolute Gasteiger partial charge is 0.394 e. The zero-order valence-electron chi connectivity index (χ0n) is 11.9. The van der Waals surface area contributed by atoms with Gasteiger partial charge in [0.1, 0.15) is 0 Å². The molecule has 0 aliphatic carbocycles. The standard InChI is InChI=1S/C15H23NO3S/c1-13-3-5-14(6-4-13)11-20-12-15(18)16-7-2-9-19-10-8-17/h3-6,17H,2,7-12H2,1H3,(H,16,18). The number of nitrogens with one attached hydrogen (secondary N) is 1. The van der Waals surface area contributed by atoms with E-state index in [9.17, 15) is 4.79 Å². The molecule has 0 aliphatic heterocycles. The highest BCUT2D eigenvalue weighted by Crippen LogP contribution is 2.12. The van der Waals surface area contributed by atoms with Crippen LogP contribution in [0.1, 0.15) is 17.5 Å². The molecule has 0 aromatic heterocycles. The van der Waals surface area contributed by atoms with Crippen molar-refractivity contribution in [3.63, 3.8) is 0 Å². The first-order chi connectivity index (χ1) is 9.72. The summed E-state index contributed by atoms with van der Waals surface area (Å²) >= 11 is 1.62. The van der Waals surface area contributed by atoms with E-state index in [2.05, 4.69) is 36.5 Å². The van der Waals surface area contributed by atoms with E-state index in [1.165, 1.54) is 11.1 Å². The van der Waals surface area contributed by atoms with Gasteiger partial charge < -0.3 is 15.2 Å². The Morgan fingerprint density at radius 3 is 2.75 bits per heavy atom. The number of aliphatic hydroxyl groups is 1. The van der Waals surface area contributed by atoms with E-state index in [0.717, 1.165) is 12.2 Å². The molecule has 0 atom stereocenters. The van der Waals surface area contributed by atoms with Crippen molar-refractivity contribution in [3.05, 3.63) is 35.4 Å². The number of hydrogen-bond acceptors (Lipinski definition) is 4. The minimum atomic E-state index is 0.0437. The van der Waals surface area contributed by atoms with E-state index in [4.69, 9.17) is 9.84 Å². The maximum absolute atomic E-state index is 11.6. The minimum Gasteiger partial charge on any atom is -0.394 e. The molecule has 1 rings (SSSR count). The van der Waals surface area contributed by atoms with Crippen LogP contribution in [0.2, 0.25) is 0 Å². The number of amides is 1. The fourth-order valence-corrected chi connectivity index (χ4v) is 2.38. The number of carbonyl (C=O) groups excluding carboxylic acids is 1. The van der Waals surface area contributed by atoms with Crippen molar-refractivity contribution in [2.24, 2.45) is 0 Å². The van der Waals surface area contributed by atoms with Gasteiger partial charge >= 0.3 is 0 Å². The number of carbonyl (C=O) groups is 1. The summed E-state index contributed by atoms with van der Waals surface area (Å²) in [5.74, 6) is 1.39. The van der Waals surface area contributed by atoms with Gasteiger partial charge in [0.05, 0.1) is 19.0 Å². The maximum atomic E-state index is 11.6. The number of hydrogen-bond donors (Lipinski definition) is 2. The predicted molar refractivity (Wildman–Crippen MR) is 82.9 cm³/mol. The lowest BCUT2D eigenvalue weighted by Gasteiger charge is -2.06. The highest BCUT2D eigenvalue weighted by molar-refractivity contribution is 7.99. The van der Waals surface area contributed by atoms with E-state index in [1.54, 1.807) is 11.8 Å². The second-order valence-corrected chi connectivity index (χ2v) is 5.50. The summed E-state index contributed by atoms with van der Waals surface area (Å²) < 4.78 is 5.11. The van der Waals surface area contributed by atoms with Crippen molar-refractivity contribution in [1.29, 1.82) is 0 Å². The van der Waals surface area contributed by atoms with Crippen LogP contribution in [0.4, 0.5) is 0 Å². The highest BCUT2D eigenvalue weighted by atomic mass is 32.2. The van der Waals surface area contributed by atoms with Gasteiger partial charge in [0.25, 0.3) is 0 Å². The first-order valence-electron chi connectivity index (χ1n) is 6.81. The number of aliphatic hydroxyl groups excluding tert-OH is 1. The monoisotopic (exact) mass is 297 g/mol. The Hall–Kier alpha value is -1.04. The lowest BCUT2D eigenvalue weighted by atomic mass is 10.2. The van der Waals surface area contributed by atoms with Crippen LogP contribution in [0.3, 0.4) is 0 Å². The molecule has 2 N–H and O–H groups in total. The van der Waals surface area contributed by atoms with Crippen LogP contribution in [-0.2, 0) is 15.3 Å². The molecule has 1 aromatic rings. The lowest BCUT2D eigenvalue weighted by Crippen LogP contribution is -2.27. The molecule has 0 saturated carbocycles. The summed E-state index contributed by atoms with van der Waals surface area (Å²) in [6, 6.07) is 8.36. The van der Waals surface area contributed by atoms with Crippen molar-refractivity contribution in [3.8, 4) is 0 Å². The number of rotatable bonds is 10. The predicted octanol–water partition coefficient (Wildman–Crippen LogP) is 1.74. The molecule has 112 valence electrons. The minimum absolute atomic E-state index is 0.0437. The average molecular weight is 297 g/mol. The number of aryl methyl sites for hydroxylation is 1. The van der Waals surface area contributed by atoms with Crippen molar-refractivity contribution in [2.45, 2.75) is 19.1 Å². The summed E-state index contributed by atoms with van der Waals surface area (Å²) in [6.07, 6.45) is 0.772. The van der Waals surface area contributed by atoms with Gasteiger partial charge in [-0.3, -0.25) is 4.79 Å². The number of thioether (sulfide) groups is 1. The van der Waals surface area contributed by atoms with Crippen LogP contribution >= 0.6 is 11.8 Å². The van der Waals surface area contributed by atoms with Crippen LogP contribution < -0.4 is 5.32 Å². The molecule has 0 fully saturated rings. The molecule has 20 heavy (non-hydrogen) atoms. The van der Waals surface area contributed by atoms with Crippen LogP contribution in [0.15, 0.2) is 24.3 Å². The smallest absolute Gasteiger partial charge is 0.230 e. The summed E-state index contributed by atoms with van der Waals surface area (Å²) in [4.78, 5) is 11.6. The third-order valence-electron chi connectivity index (χ3n) is 2.65. The number of ether oxygens (including phenoxy) is 1. The Bertz CT molecular complexity index is 381. The lowest BCUT2D eigenvalue weighted by molar-refractivity contribution is -0.118. The van der Waals surface area contributed by atoms with E-state index in [1.807, 2.05) is 0 Å². The van der Waals surface area contributed by atoms with Gasteiger partial charge in [-0.15, -0.1) is 11.8 Å². The van der Waals surface area contributed by atoms with Gasteiger partial charge in [0.2, 0.25) is 5.91 Å². The molecular formula is C15H23NO3S. The first kappa shape index (κ1) is 17.0. The summed E-state index contributed by atoms with van der Waals surface area (Å²) in [5.41, 5.74) is 2.49. The molecule has 0 spiro atoms. The van der Waals surface area contributed by atoms with E-state index in [-0.39, 0.29) is 12.5 Å². The van der Waals surface area contributed by atoms with Crippen molar-refractivity contribution in [2.75, 3.05) is 32.1 Å². The molecular weight excluding hydrogens is 274 g/mol. The average Bonchev–Trinajstić information content (AvgIpc) is 2.45. The number of benzene rings is 1. The fraction of sp³-hybridized carbons (Fsp3) is 0.533. The van der Waals surface area contributed by atoms with Gasteiger partial charge in [-0.25, -0.2) is 0 Å². The summed E-state index contributed by atoms with van der Waals surface area (Å²) in [7, 11) is 0. The topological polar surface area (TPSA) is 58.6 Å². The van der Waals surface area contributed by atoms with Crippen LogP contribution in [0, 0.1) is 6.92 Å². The Labute approximate surface area is 124 Å². The van der Waals surface area contributed by atoms with E-state index < -0.39 is 0 Å². The second kappa shape index (κ2) is 10.7. The molecule has 0 radical (unpaired) electrons. The Morgan fingerprint density at radius 1 is 1.30 bits per heavy atom. The maximum Gasteiger partial charge on any atom is 0.230 e. The third-order valence-corrected chi connectivity index (χ3v) is 3.65. The Morgan fingerprint density at radius 2 is 2.05 bits per heavy atom. The zero-order valence-corrected chi connectivity index (χ0v) is 12.7. The Balaban J connectivity index is 2.01. The van der Waals surface area contributed by atoms with E-state index in [0.29, 0.717) is 25.5 Å². The summed E-state index contributed by atoms with van der Waals surface area (Å²) in [6.45, 7) is 3.66. The van der Waals surface area contributed by atoms with Crippen molar-refractivity contribution in [1.82, 2.24) is 5.32 Å². The molecule has 0 heterocycles. The molecule has 0 bridgehead atoms. The molecule has 0 aliphatic rings. The van der Waals surface area contributed by atoms with E-state index >= 15 is 0 Å².